The molecular weight excluding hydrogens is 284 g/mol. The average molecular weight is 299 g/mol. The summed E-state index contributed by atoms with van der Waals surface area (Å²) in [6, 6.07) is 4.21. The van der Waals surface area contributed by atoms with Gasteiger partial charge in [-0.25, -0.2) is 0 Å². The number of hydrogen-bond acceptors (Lipinski definition) is 3. The molecule has 0 spiro atoms. The van der Waals surface area contributed by atoms with Crippen molar-refractivity contribution in [3.8, 4) is 0 Å². The topological polar surface area (TPSA) is 109 Å². The van der Waals surface area contributed by atoms with Crippen LogP contribution in [0.4, 0.5) is 5.69 Å². The molecule has 0 fully saturated rings. The molecule has 0 atom stereocenters. The van der Waals surface area contributed by atoms with E-state index in [1.165, 1.54) is 32.0 Å². The Hall–Kier alpha value is -2.08. The smallest absolute Gasteiger partial charge is 0.309 e. The first-order valence-corrected chi connectivity index (χ1v) is 6.14. The lowest BCUT2D eigenvalue weighted by Gasteiger charge is -2.18. The van der Waals surface area contributed by atoms with E-state index in [2.05, 4.69) is 5.32 Å². The number of carbonyl (C=O) groups excluding carboxylic acids is 2. The van der Waals surface area contributed by atoms with E-state index in [0.717, 1.165) is 0 Å². The van der Waals surface area contributed by atoms with Crippen molar-refractivity contribution in [2.24, 2.45) is 11.1 Å². The van der Waals surface area contributed by atoms with Gasteiger partial charge in [-0.2, -0.15) is 0 Å². The van der Waals surface area contributed by atoms with Crippen LogP contribution in [-0.2, 0) is 9.59 Å². The van der Waals surface area contributed by atoms with Crippen LogP contribution in [0, 0.1) is 5.41 Å². The Labute approximate surface area is 120 Å². The molecule has 0 unspecified atom stereocenters. The molecule has 0 saturated carbocycles. The van der Waals surface area contributed by atoms with Crippen molar-refractivity contribution in [1.29, 1.82) is 0 Å². The predicted octanol–water partition coefficient (Wildman–Crippen LogP) is 1.88. The minimum absolute atomic E-state index is 0.196. The van der Waals surface area contributed by atoms with Crippen LogP contribution in [-0.4, -0.2) is 22.9 Å². The molecule has 0 saturated heterocycles. The van der Waals surface area contributed by atoms with Gasteiger partial charge in [0.2, 0.25) is 11.8 Å². The van der Waals surface area contributed by atoms with Gasteiger partial charge in [-0.1, -0.05) is 11.6 Å². The molecule has 0 heterocycles. The summed E-state index contributed by atoms with van der Waals surface area (Å²) in [5.41, 5.74) is 4.35. The van der Waals surface area contributed by atoms with Gasteiger partial charge in [0.1, 0.15) is 0 Å². The molecule has 7 heteroatoms. The first-order valence-electron chi connectivity index (χ1n) is 5.76. The Bertz CT molecular complexity index is 569. The first kappa shape index (κ1) is 16.0. The normalized spacial score (nSPS) is 10.9. The summed E-state index contributed by atoms with van der Waals surface area (Å²) in [5, 5.41) is 11.7. The maximum absolute atomic E-state index is 11.8. The van der Waals surface area contributed by atoms with Crippen molar-refractivity contribution in [3.63, 3.8) is 0 Å². The number of nitrogens with two attached hydrogens (primary N) is 1. The second kappa shape index (κ2) is 5.92. The number of halogens is 1. The van der Waals surface area contributed by atoms with Crippen LogP contribution < -0.4 is 11.1 Å². The zero-order valence-corrected chi connectivity index (χ0v) is 11.8. The molecular formula is C13H15ClN2O4. The largest absolute Gasteiger partial charge is 0.481 e. The second-order valence-electron chi connectivity index (χ2n) is 4.97. The second-order valence-corrected chi connectivity index (χ2v) is 5.38. The number of rotatable bonds is 5. The minimum Gasteiger partial charge on any atom is -0.481 e. The number of amides is 2. The molecule has 6 nitrogen and oxygen atoms in total. The third kappa shape index (κ3) is 3.96. The van der Waals surface area contributed by atoms with Gasteiger partial charge in [-0.15, -0.1) is 0 Å². The quantitative estimate of drug-likeness (QED) is 0.771. The molecule has 0 aliphatic heterocycles. The number of carboxylic acids is 1. The molecule has 0 aromatic heterocycles. The highest BCUT2D eigenvalue weighted by Gasteiger charge is 2.30. The number of nitrogens with one attached hydrogen (secondary N) is 1. The molecule has 0 aliphatic carbocycles. The third-order valence-corrected chi connectivity index (χ3v) is 3.04. The number of carbonyl (C=O) groups is 3. The fourth-order valence-electron chi connectivity index (χ4n) is 1.45. The fraction of sp³-hybridized carbons (Fsp3) is 0.308. The van der Waals surface area contributed by atoms with E-state index >= 15 is 0 Å². The van der Waals surface area contributed by atoms with Crippen LogP contribution in [0.3, 0.4) is 0 Å². The molecule has 0 bridgehead atoms. The lowest BCUT2D eigenvalue weighted by Crippen LogP contribution is -2.29. The molecule has 1 rings (SSSR count). The molecule has 4 N–H and O–H groups in total. The zero-order chi connectivity index (χ0) is 15.5. The van der Waals surface area contributed by atoms with Gasteiger partial charge in [0.15, 0.2) is 0 Å². The van der Waals surface area contributed by atoms with Crippen molar-refractivity contribution < 1.29 is 19.5 Å². The summed E-state index contributed by atoms with van der Waals surface area (Å²) in [7, 11) is 0. The van der Waals surface area contributed by atoms with Crippen molar-refractivity contribution in [2.75, 3.05) is 5.32 Å². The van der Waals surface area contributed by atoms with Crippen LogP contribution in [0.15, 0.2) is 18.2 Å². The van der Waals surface area contributed by atoms with E-state index in [0.29, 0.717) is 0 Å². The first-order chi connectivity index (χ1) is 9.13. The van der Waals surface area contributed by atoms with E-state index in [4.69, 9.17) is 22.4 Å². The van der Waals surface area contributed by atoms with E-state index < -0.39 is 23.2 Å². The Kier molecular flexibility index (Phi) is 4.73. The average Bonchev–Trinajstić information content (AvgIpc) is 2.30. The SMILES string of the molecule is CC(C)(CC(=O)Nc1cc(C(N)=O)ccc1Cl)C(=O)O. The number of aliphatic carboxylic acids is 1. The number of primary amides is 1. The van der Waals surface area contributed by atoms with E-state index in [-0.39, 0.29) is 22.7 Å². The van der Waals surface area contributed by atoms with Crippen LogP contribution in [0.2, 0.25) is 5.02 Å². The molecule has 20 heavy (non-hydrogen) atoms. The van der Waals surface area contributed by atoms with Crippen LogP contribution >= 0.6 is 11.6 Å². The van der Waals surface area contributed by atoms with Gasteiger partial charge in [-0.3, -0.25) is 14.4 Å². The molecule has 1 aromatic carbocycles. The Morgan fingerprint density at radius 1 is 1.35 bits per heavy atom. The molecule has 0 radical (unpaired) electrons. The summed E-state index contributed by atoms with van der Waals surface area (Å²) >= 11 is 5.90. The standard InChI is InChI=1S/C13H15ClN2O4/c1-13(2,12(19)20)6-10(17)16-9-5-7(11(15)18)3-4-8(9)14/h3-5H,6H2,1-2H3,(H2,15,18)(H,16,17)(H,19,20). The highest BCUT2D eigenvalue weighted by molar-refractivity contribution is 6.33. The van der Waals surface area contributed by atoms with E-state index in [9.17, 15) is 14.4 Å². The summed E-state index contributed by atoms with van der Waals surface area (Å²) < 4.78 is 0. The number of benzene rings is 1. The lowest BCUT2D eigenvalue weighted by molar-refractivity contribution is -0.148. The predicted molar refractivity (Wildman–Crippen MR) is 74.6 cm³/mol. The highest BCUT2D eigenvalue weighted by atomic mass is 35.5. The lowest BCUT2D eigenvalue weighted by atomic mass is 9.89. The molecule has 0 aliphatic rings. The van der Waals surface area contributed by atoms with Crippen LogP contribution in [0.5, 0.6) is 0 Å². The summed E-state index contributed by atoms with van der Waals surface area (Å²) in [5.74, 6) is -2.24. The summed E-state index contributed by atoms with van der Waals surface area (Å²) in [6.45, 7) is 2.88. The van der Waals surface area contributed by atoms with Crippen LogP contribution in [0.1, 0.15) is 30.6 Å². The fourth-order valence-corrected chi connectivity index (χ4v) is 1.61. The van der Waals surface area contributed by atoms with Gasteiger partial charge >= 0.3 is 5.97 Å². The Morgan fingerprint density at radius 2 is 1.95 bits per heavy atom. The number of carboxylic acid groups (broad SMARTS) is 1. The van der Waals surface area contributed by atoms with Crippen molar-refractivity contribution in [3.05, 3.63) is 28.8 Å². The van der Waals surface area contributed by atoms with Gasteiger partial charge in [0, 0.05) is 12.0 Å². The Morgan fingerprint density at radius 3 is 2.45 bits per heavy atom. The van der Waals surface area contributed by atoms with Gasteiger partial charge in [0.25, 0.3) is 0 Å². The zero-order valence-electron chi connectivity index (χ0n) is 11.1. The summed E-state index contributed by atoms with van der Waals surface area (Å²) in [6.07, 6.45) is -0.223. The summed E-state index contributed by atoms with van der Waals surface area (Å²) in [4.78, 5) is 33.8. The minimum atomic E-state index is -1.20. The maximum atomic E-state index is 11.8. The van der Waals surface area contributed by atoms with Crippen molar-refractivity contribution in [1.82, 2.24) is 0 Å². The molecule has 2 amide bonds. The maximum Gasteiger partial charge on any atom is 0.309 e. The van der Waals surface area contributed by atoms with Gasteiger partial charge < -0.3 is 16.2 Å². The number of anilines is 1. The van der Waals surface area contributed by atoms with Gasteiger partial charge in [-0.05, 0) is 32.0 Å². The van der Waals surface area contributed by atoms with Crippen molar-refractivity contribution >= 4 is 35.1 Å². The van der Waals surface area contributed by atoms with Gasteiger partial charge in [0.05, 0.1) is 16.1 Å². The number of hydrogen-bond donors (Lipinski definition) is 3. The Balaban J connectivity index is 2.88. The van der Waals surface area contributed by atoms with Crippen molar-refractivity contribution in [2.45, 2.75) is 20.3 Å². The highest BCUT2D eigenvalue weighted by Crippen LogP contribution is 2.25. The van der Waals surface area contributed by atoms with E-state index in [1.54, 1.807) is 0 Å². The third-order valence-electron chi connectivity index (χ3n) is 2.71. The monoisotopic (exact) mass is 298 g/mol. The molecule has 1 aromatic rings. The van der Waals surface area contributed by atoms with E-state index in [1.807, 2.05) is 0 Å². The van der Waals surface area contributed by atoms with Crippen LogP contribution in [0.25, 0.3) is 0 Å². The molecule has 108 valence electrons.